The van der Waals surface area contributed by atoms with E-state index < -0.39 is 0 Å². The fourth-order valence-electron chi connectivity index (χ4n) is 2.07. The Balaban J connectivity index is 2.23. The summed E-state index contributed by atoms with van der Waals surface area (Å²) in [5.41, 5.74) is -0.154. The lowest BCUT2D eigenvalue weighted by molar-refractivity contribution is -0.123. The number of nitrogens with one attached hydrogen (secondary N) is 1. The van der Waals surface area contributed by atoms with Crippen LogP contribution in [0.4, 0.5) is 0 Å². The van der Waals surface area contributed by atoms with Crippen LogP contribution in [-0.4, -0.2) is 49.2 Å². The Morgan fingerprint density at radius 1 is 1.41 bits per heavy atom. The van der Waals surface area contributed by atoms with E-state index in [0.717, 1.165) is 19.6 Å². The summed E-state index contributed by atoms with van der Waals surface area (Å²) >= 11 is 0. The van der Waals surface area contributed by atoms with Gasteiger partial charge in [-0.25, -0.2) is 0 Å². The second kappa shape index (κ2) is 6.36. The zero-order valence-corrected chi connectivity index (χ0v) is 11.6. The standard InChI is InChI=1S/C13H26N2O2/c1-13(2,3)14-12(16)10-15(4)9-11-7-5-6-8-17-11/h11H,5-10H2,1-4H3,(H,14,16). The van der Waals surface area contributed by atoms with Gasteiger partial charge in [0.25, 0.3) is 0 Å². The topological polar surface area (TPSA) is 41.6 Å². The minimum atomic E-state index is -0.154. The lowest BCUT2D eigenvalue weighted by Crippen LogP contribution is -2.46. The minimum absolute atomic E-state index is 0.0795. The highest BCUT2D eigenvalue weighted by molar-refractivity contribution is 5.78. The zero-order chi connectivity index (χ0) is 12.9. The van der Waals surface area contributed by atoms with Crippen molar-refractivity contribution in [3.8, 4) is 0 Å². The summed E-state index contributed by atoms with van der Waals surface area (Å²) < 4.78 is 5.66. The van der Waals surface area contributed by atoms with Gasteiger partial charge in [-0.2, -0.15) is 0 Å². The lowest BCUT2D eigenvalue weighted by Gasteiger charge is -2.28. The summed E-state index contributed by atoms with van der Waals surface area (Å²) in [5.74, 6) is 0.0795. The Hall–Kier alpha value is -0.610. The molecule has 1 rings (SSSR count). The van der Waals surface area contributed by atoms with Crippen molar-refractivity contribution in [1.29, 1.82) is 0 Å². The number of carbonyl (C=O) groups excluding carboxylic acids is 1. The third-order valence-electron chi connectivity index (χ3n) is 2.72. The van der Waals surface area contributed by atoms with Gasteiger partial charge < -0.3 is 10.1 Å². The largest absolute Gasteiger partial charge is 0.377 e. The van der Waals surface area contributed by atoms with Crippen LogP contribution in [0, 0.1) is 0 Å². The number of hydrogen-bond donors (Lipinski definition) is 1. The molecule has 0 bridgehead atoms. The van der Waals surface area contributed by atoms with Crippen LogP contribution >= 0.6 is 0 Å². The number of likely N-dealkylation sites (N-methyl/N-ethyl adjacent to an activating group) is 1. The van der Waals surface area contributed by atoms with Crippen molar-refractivity contribution in [1.82, 2.24) is 10.2 Å². The molecule has 1 atom stereocenters. The second-order valence-electron chi connectivity index (χ2n) is 5.98. The fourth-order valence-corrected chi connectivity index (χ4v) is 2.07. The molecule has 0 aromatic rings. The highest BCUT2D eigenvalue weighted by Crippen LogP contribution is 2.13. The molecule has 1 heterocycles. The van der Waals surface area contributed by atoms with Gasteiger partial charge in [0.2, 0.25) is 5.91 Å². The molecule has 1 aliphatic rings. The zero-order valence-electron chi connectivity index (χ0n) is 11.6. The molecule has 0 aromatic heterocycles. The molecule has 1 N–H and O–H groups in total. The van der Waals surface area contributed by atoms with E-state index in [0.29, 0.717) is 12.6 Å². The van der Waals surface area contributed by atoms with Crippen LogP contribution in [0.3, 0.4) is 0 Å². The molecule has 0 radical (unpaired) electrons. The summed E-state index contributed by atoms with van der Waals surface area (Å²) in [5, 5.41) is 2.97. The number of amides is 1. The van der Waals surface area contributed by atoms with E-state index in [2.05, 4.69) is 5.32 Å². The van der Waals surface area contributed by atoms with E-state index in [-0.39, 0.29) is 11.4 Å². The van der Waals surface area contributed by atoms with Gasteiger partial charge in [0, 0.05) is 18.7 Å². The van der Waals surface area contributed by atoms with Crippen LogP contribution < -0.4 is 5.32 Å². The first-order valence-electron chi connectivity index (χ1n) is 6.48. The third-order valence-corrected chi connectivity index (χ3v) is 2.72. The van der Waals surface area contributed by atoms with E-state index in [1.54, 1.807) is 0 Å². The average Bonchev–Trinajstić information content (AvgIpc) is 2.15. The molecule has 1 unspecified atom stereocenters. The molecule has 0 spiro atoms. The molecule has 1 fully saturated rings. The minimum Gasteiger partial charge on any atom is -0.377 e. The summed E-state index contributed by atoms with van der Waals surface area (Å²) in [7, 11) is 1.97. The van der Waals surface area contributed by atoms with Crippen LogP contribution in [0.1, 0.15) is 40.0 Å². The fraction of sp³-hybridized carbons (Fsp3) is 0.923. The van der Waals surface area contributed by atoms with E-state index in [1.807, 2.05) is 32.7 Å². The normalized spacial score (nSPS) is 21.6. The molecule has 17 heavy (non-hydrogen) atoms. The molecular formula is C13H26N2O2. The summed E-state index contributed by atoms with van der Waals surface area (Å²) in [6.45, 7) is 8.14. The maximum atomic E-state index is 11.7. The molecule has 4 nitrogen and oxygen atoms in total. The van der Waals surface area contributed by atoms with Crippen molar-refractivity contribution >= 4 is 5.91 Å². The van der Waals surface area contributed by atoms with Gasteiger partial charge >= 0.3 is 0 Å². The lowest BCUT2D eigenvalue weighted by atomic mass is 10.1. The molecule has 4 heteroatoms. The van der Waals surface area contributed by atoms with Gasteiger partial charge in [-0.15, -0.1) is 0 Å². The van der Waals surface area contributed by atoms with Crippen LogP contribution in [0.5, 0.6) is 0 Å². The Labute approximate surface area is 105 Å². The molecule has 0 aliphatic carbocycles. The smallest absolute Gasteiger partial charge is 0.234 e. The molecule has 0 saturated carbocycles. The maximum absolute atomic E-state index is 11.7. The van der Waals surface area contributed by atoms with E-state index >= 15 is 0 Å². The van der Waals surface area contributed by atoms with Gasteiger partial charge in [0.15, 0.2) is 0 Å². The first kappa shape index (κ1) is 14.5. The molecule has 1 saturated heterocycles. The Bertz CT molecular complexity index is 242. The van der Waals surface area contributed by atoms with Crippen molar-refractivity contribution < 1.29 is 9.53 Å². The number of nitrogens with zero attached hydrogens (tertiary/aromatic N) is 1. The second-order valence-corrected chi connectivity index (χ2v) is 5.98. The Morgan fingerprint density at radius 3 is 2.65 bits per heavy atom. The molecule has 1 aliphatic heterocycles. The number of ether oxygens (including phenoxy) is 1. The summed E-state index contributed by atoms with van der Waals surface area (Å²) in [6.07, 6.45) is 3.83. The number of hydrogen-bond acceptors (Lipinski definition) is 3. The molecule has 0 aromatic carbocycles. The quantitative estimate of drug-likeness (QED) is 0.810. The monoisotopic (exact) mass is 242 g/mol. The van der Waals surface area contributed by atoms with Gasteiger partial charge in [-0.3, -0.25) is 9.69 Å². The maximum Gasteiger partial charge on any atom is 0.234 e. The SMILES string of the molecule is CN(CC(=O)NC(C)(C)C)CC1CCCCO1. The van der Waals surface area contributed by atoms with E-state index in [4.69, 9.17) is 4.74 Å². The van der Waals surface area contributed by atoms with Gasteiger partial charge in [0.1, 0.15) is 0 Å². The van der Waals surface area contributed by atoms with Gasteiger partial charge in [-0.1, -0.05) is 0 Å². The average molecular weight is 242 g/mol. The number of rotatable bonds is 4. The van der Waals surface area contributed by atoms with Crippen molar-refractivity contribution in [2.75, 3.05) is 26.7 Å². The summed E-state index contributed by atoms with van der Waals surface area (Å²) in [6, 6.07) is 0. The summed E-state index contributed by atoms with van der Waals surface area (Å²) in [4.78, 5) is 13.8. The first-order chi connectivity index (χ1) is 7.87. The van der Waals surface area contributed by atoms with Crippen molar-refractivity contribution in [3.63, 3.8) is 0 Å². The number of carbonyl (C=O) groups is 1. The van der Waals surface area contributed by atoms with Crippen molar-refractivity contribution in [2.24, 2.45) is 0 Å². The van der Waals surface area contributed by atoms with Crippen LogP contribution in [0.2, 0.25) is 0 Å². The Kier molecular flexibility index (Phi) is 5.40. The van der Waals surface area contributed by atoms with Crippen LogP contribution in [0.25, 0.3) is 0 Å². The first-order valence-corrected chi connectivity index (χ1v) is 6.48. The molecule has 1 amide bonds. The third kappa shape index (κ3) is 6.64. The van der Waals surface area contributed by atoms with E-state index in [1.165, 1.54) is 12.8 Å². The van der Waals surface area contributed by atoms with E-state index in [9.17, 15) is 4.79 Å². The van der Waals surface area contributed by atoms with Gasteiger partial charge in [0.05, 0.1) is 12.6 Å². The predicted octanol–water partition coefficient (Wildman–Crippen LogP) is 1.40. The molecular weight excluding hydrogens is 216 g/mol. The van der Waals surface area contributed by atoms with Crippen LogP contribution in [-0.2, 0) is 9.53 Å². The van der Waals surface area contributed by atoms with Crippen LogP contribution in [0.15, 0.2) is 0 Å². The Morgan fingerprint density at radius 2 is 2.12 bits per heavy atom. The predicted molar refractivity (Wildman–Crippen MR) is 69.0 cm³/mol. The highest BCUT2D eigenvalue weighted by Gasteiger charge is 2.19. The van der Waals surface area contributed by atoms with Gasteiger partial charge in [-0.05, 0) is 47.1 Å². The van der Waals surface area contributed by atoms with Crippen molar-refractivity contribution in [3.05, 3.63) is 0 Å². The molecule has 100 valence electrons. The van der Waals surface area contributed by atoms with Crippen molar-refractivity contribution in [2.45, 2.75) is 51.7 Å². The highest BCUT2D eigenvalue weighted by atomic mass is 16.5.